The van der Waals surface area contributed by atoms with Crippen LogP contribution in [0.3, 0.4) is 0 Å². The molecule has 10 heteroatoms. The van der Waals surface area contributed by atoms with Gasteiger partial charge < -0.3 is 9.80 Å². The van der Waals surface area contributed by atoms with Crippen molar-refractivity contribution >= 4 is 27.6 Å². The third-order valence-corrected chi connectivity index (χ3v) is 9.78. The van der Waals surface area contributed by atoms with Crippen LogP contribution < -0.4 is 0 Å². The number of sulfonamides is 1. The van der Waals surface area contributed by atoms with E-state index >= 15 is 0 Å². The van der Waals surface area contributed by atoms with E-state index in [2.05, 4.69) is 17.1 Å². The summed E-state index contributed by atoms with van der Waals surface area (Å²) < 4.78 is 27.7. The van der Waals surface area contributed by atoms with Crippen molar-refractivity contribution in [2.45, 2.75) is 50.2 Å². The number of likely N-dealkylation sites (tertiary alicyclic amines) is 2. The molecule has 3 fully saturated rings. The van der Waals surface area contributed by atoms with Gasteiger partial charge in [-0.3, -0.25) is 14.4 Å². The summed E-state index contributed by atoms with van der Waals surface area (Å²) in [5, 5.41) is -0.104. The lowest BCUT2D eigenvalue weighted by molar-refractivity contribution is -0.144. The largest absolute Gasteiger partial charge is 0.341 e. The second-order valence-electron chi connectivity index (χ2n) is 10.9. The first-order chi connectivity index (χ1) is 17.7. The van der Waals surface area contributed by atoms with Crippen molar-refractivity contribution < 1.29 is 22.8 Å². The average molecular weight is 527 g/mol. The Hall–Kier alpha value is -2.85. The zero-order chi connectivity index (χ0) is 26.3. The monoisotopic (exact) mass is 526 g/mol. The molecule has 1 aliphatic carbocycles. The summed E-state index contributed by atoms with van der Waals surface area (Å²) in [6.45, 7) is 5.35. The SMILES string of the molecule is CC(C)CC(CC(=O)N1CC2C=CC=CC2C1)C(=O)N1CCC2C1C(=O)CN2S(=O)(=O)c1ccccn1. The van der Waals surface area contributed by atoms with E-state index in [9.17, 15) is 22.8 Å². The standard InChI is InChI=1S/C27H34N4O5S/c1-18(2)13-21(14-25(33)29-15-19-7-3-4-8-20(19)16-29)27(34)30-12-10-22-26(30)23(32)17-31(22)37(35,36)24-9-5-6-11-28-24/h3-9,11,18-22,26H,10,12-17H2,1-2H3. The number of nitrogens with zero attached hydrogens (tertiary/aromatic N) is 4. The van der Waals surface area contributed by atoms with Crippen molar-refractivity contribution in [2.24, 2.45) is 23.7 Å². The number of aromatic nitrogens is 1. The van der Waals surface area contributed by atoms with E-state index in [1.807, 2.05) is 30.9 Å². The number of Topliss-reactive ketones (excluding diaryl/α,β-unsaturated/α-hetero) is 1. The number of ketones is 1. The molecule has 3 saturated heterocycles. The smallest absolute Gasteiger partial charge is 0.261 e. The van der Waals surface area contributed by atoms with Crippen LogP contribution in [0.2, 0.25) is 0 Å². The van der Waals surface area contributed by atoms with E-state index in [0.29, 0.717) is 44.3 Å². The van der Waals surface area contributed by atoms with Crippen LogP contribution in [-0.2, 0) is 24.4 Å². The Labute approximate surface area is 218 Å². The van der Waals surface area contributed by atoms with E-state index in [4.69, 9.17) is 0 Å². The van der Waals surface area contributed by atoms with Crippen LogP contribution in [0.15, 0.2) is 53.7 Å². The molecule has 9 nitrogen and oxygen atoms in total. The molecule has 1 aromatic heterocycles. The Morgan fingerprint density at radius 1 is 1.11 bits per heavy atom. The maximum absolute atomic E-state index is 13.8. The van der Waals surface area contributed by atoms with Crippen LogP contribution in [0.5, 0.6) is 0 Å². The molecule has 1 aromatic rings. The molecule has 0 aromatic carbocycles. The van der Waals surface area contributed by atoms with E-state index < -0.39 is 28.0 Å². The topological polar surface area (TPSA) is 108 Å². The Morgan fingerprint density at radius 3 is 2.43 bits per heavy atom. The van der Waals surface area contributed by atoms with Gasteiger partial charge in [-0.05, 0) is 30.9 Å². The number of pyridine rings is 1. The van der Waals surface area contributed by atoms with Crippen molar-refractivity contribution in [3.8, 4) is 0 Å². The second kappa shape index (κ2) is 10.1. The third kappa shape index (κ3) is 4.88. The van der Waals surface area contributed by atoms with Crippen molar-refractivity contribution in [3.05, 3.63) is 48.7 Å². The molecule has 5 unspecified atom stereocenters. The second-order valence-corrected chi connectivity index (χ2v) is 12.8. The average Bonchev–Trinajstić information content (AvgIpc) is 3.58. The van der Waals surface area contributed by atoms with E-state index in [0.717, 1.165) is 0 Å². The zero-order valence-electron chi connectivity index (χ0n) is 21.3. The Morgan fingerprint density at radius 2 is 1.81 bits per heavy atom. The summed E-state index contributed by atoms with van der Waals surface area (Å²) in [6, 6.07) is 3.21. The van der Waals surface area contributed by atoms with Crippen molar-refractivity contribution in [1.82, 2.24) is 19.1 Å². The molecule has 2 amide bonds. The maximum Gasteiger partial charge on any atom is 0.261 e. The van der Waals surface area contributed by atoms with Gasteiger partial charge in [-0.25, -0.2) is 13.4 Å². The predicted molar refractivity (Wildman–Crippen MR) is 136 cm³/mol. The van der Waals surface area contributed by atoms with Crippen molar-refractivity contribution in [2.75, 3.05) is 26.2 Å². The van der Waals surface area contributed by atoms with Gasteiger partial charge in [0.15, 0.2) is 10.8 Å². The van der Waals surface area contributed by atoms with Crippen LogP contribution in [0, 0.1) is 23.7 Å². The molecule has 5 atom stereocenters. The summed E-state index contributed by atoms with van der Waals surface area (Å²) in [4.78, 5) is 47.5. The number of amides is 2. The number of hydrogen-bond acceptors (Lipinski definition) is 6. The van der Waals surface area contributed by atoms with Gasteiger partial charge in [0.05, 0.1) is 12.6 Å². The lowest BCUT2D eigenvalue weighted by Gasteiger charge is -2.29. The van der Waals surface area contributed by atoms with Gasteiger partial charge >= 0.3 is 0 Å². The number of rotatable bonds is 7. The van der Waals surface area contributed by atoms with Crippen LogP contribution in [0.4, 0.5) is 0 Å². The molecule has 4 heterocycles. The van der Waals surface area contributed by atoms with Crippen LogP contribution in [0.1, 0.15) is 33.1 Å². The third-order valence-electron chi connectivity index (χ3n) is 7.99. The molecular formula is C27H34N4O5S. The summed E-state index contributed by atoms with van der Waals surface area (Å²) in [7, 11) is -3.96. The highest BCUT2D eigenvalue weighted by atomic mass is 32.2. The number of fused-ring (bicyclic) bond motifs is 2. The Kier molecular flexibility index (Phi) is 7.06. The molecule has 5 rings (SSSR count). The summed E-state index contributed by atoms with van der Waals surface area (Å²) in [5.74, 6) is -0.278. The predicted octanol–water partition coefficient (Wildman–Crippen LogP) is 1.88. The molecule has 0 spiro atoms. The molecular weight excluding hydrogens is 492 g/mol. The Balaban J connectivity index is 1.31. The fourth-order valence-electron chi connectivity index (χ4n) is 6.25. The van der Waals surface area contributed by atoms with Crippen LogP contribution in [-0.4, -0.2) is 83.4 Å². The van der Waals surface area contributed by atoms with Crippen LogP contribution >= 0.6 is 0 Å². The molecule has 0 radical (unpaired) electrons. The highest BCUT2D eigenvalue weighted by Crippen LogP contribution is 2.36. The van der Waals surface area contributed by atoms with Crippen LogP contribution in [0.25, 0.3) is 0 Å². The van der Waals surface area contributed by atoms with E-state index in [1.165, 1.54) is 21.5 Å². The fourth-order valence-corrected chi connectivity index (χ4v) is 7.81. The number of carbonyl (C=O) groups is 3. The number of carbonyl (C=O) groups excluding carboxylic acids is 3. The summed E-state index contributed by atoms with van der Waals surface area (Å²) in [6.07, 6.45) is 10.7. The van der Waals surface area contributed by atoms with Gasteiger partial charge in [-0.2, -0.15) is 4.31 Å². The molecule has 37 heavy (non-hydrogen) atoms. The van der Waals surface area contributed by atoms with Gasteiger partial charge in [0, 0.05) is 50.0 Å². The quantitative estimate of drug-likeness (QED) is 0.537. The first-order valence-corrected chi connectivity index (χ1v) is 14.5. The molecule has 4 aliphatic rings. The van der Waals surface area contributed by atoms with Crippen molar-refractivity contribution in [1.29, 1.82) is 0 Å². The van der Waals surface area contributed by atoms with Gasteiger partial charge in [-0.15, -0.1) is 0 Å². The minimum Gasteiger partial charge on any atom is -0.341 e. The highest BCUT2D eigenvalue weighted by molar-refractivity contribution is 7.89. The lowest BCUT2D eigenvalue weighted by Crippen LogP contribution is -2.47. The minimum absolute atomic E-state index is 0.0388. The summed E-state index contributed by atoms with van der Waals surface area (Å²) in [5.41, 5.74) is 0. The summed E-state index contributed by atoms with van der Waals surface area (Å²) >= 11 is 0. The molecule has 3 aliphatic heterocycles. The highest BCUT2D eigenvalue weighted by Gasteiger charge is 2.54. The van der Waals surface area contributed by atoms with E-state index in [1.54, 1.807) is 12.1 Å². The fraction of sp³-hybridized carbons (Fsp3) is 0.556. The molecule has 0 bridgehead atoms. The normalized spacial score (nSPS) is 28.1. The lowest BCUT2D eigenvalue weighted by atomic mass is 9.91. The first-order valence-electron chi connectivity index (χ1n) is 13.1. The molecule has 198 valence electrons. The molecule has 0 N–H and O–H groups in total. The Bertz CT molecular complexity index is 1210. The zero-order valence-corrected chi connectivity index (χ0v) is 22.1. The number of allylic oxidation sites excluding steroid dienone is 2. The minimum atomic E-state index is -3.96. The van der Waals surface area contributed by atoms with Gasteiger partial charge in [0.1, 0.15) is 6.04 Å². The van der Waals surface area contributed by atoms with Gasteiger partial charge in [0.2, 0.25) is 11.8 Å². The number of hydrogen-bond donors (Lipinski definition) is 0. The van der Waals surface area contributed by atoms with Crippen molar-refractivity contribution in [3.63, 3.8) is 0 Å². The first kappa shape index (κ1) is 25.8. The van der Waals surface area contributed by atoms with E-state index in [-0.39, 0.29) is 41.5 Å². The maximum atomic E-state index is 13.8. The molecule has 0 saturated carbocycles. The van der Waals surface area contributed by atoms with Gasteiger partial charge in [0.25, 0.3) is 10.0 Å². The van der Waals surface area contributed by atoms with Gasteiger partial charge in [-0.1, -0.05) is 44.2 Å².